The molecular weight excluding hydrogens is 543 g/mol. The van der Waals surface area contributed by atoms with Crippen LogP contribution in [0.4, 0.5) is 4.39 Å². The van der Waals surface area contributed by atoms with E-state index in [0.29, 0.717) is 0 Å². The number of nitrogens with zero attached hydrogens (tertiary/aromatic N) is 4. The van der Waals surface area contributed by atoms with Crippen molar-refractivity contribution in [1.82, 2.24) is 14.5 Å². The van der Waals surface area contributed by atoms with Crippen LogP contribution in [-0.4, -0.2) is 59.9 Å². The van der Waals surface area contributed by atoms with Crippen LogP contribution in [0.3, 0.4) is 0 Å². The van der Waals surface area contributed by atoms with Gasteiger partial charge in [-0.25, -0.2) is 9.37 Å². The van der Waals surface area contributed by atoms with Gasteiger partial charge in [-0.1, -0.05) is 46.3 Å². The van der Waals surface area contributed by atoms with E-state index in [2.05, 4.69) is 39.9 Å². The van der Waals surface area contributed by atoms with Crippen molar-refractivity contribution in [3.05, 3.63) is 77.3 Å². The zero-order chi connectivity index (χ0) is 32.6. The molecule has 0 aliphatic carbocycles. The molecule has 8 heteroatoms. The van der Waals surface area contributed by atoms with Gasteiger partial charge in [0.15, 0.2) is 0 Å². The zero-order valence-electron chi connectivity index (χ0n) is 28.0. The van der Waals surface area contributed by atoms with Gasteiger partial charge in [-0.2, -0.15) is 0 Å². The van der Waals surface area contributed by atoms with Crippen LogP contribution in [-0.2, 0) is 22.6 Å². The van der Waals surface area contributed by atoms with Crippen LogP contribution in [0.2, 0.25) is 0 Å². The number of hydrogen-bond donors (Lipinski definition) is 0. The van der Waals surface area contributed by atoms with E-state index in [1.165, 1.54) is 36.6 Å². The van der Waals surface area contributed by atoms with Crippen LogP contribution in [0.25, 0.3) is 6.08 Å². The number of rotatable bonds is 13. The Balaban J connectivity index is 0.000000696. The van der Waals surface area contributed by atoms with Crippen molar-refractivity contribution in [2.75, 3.05) is 26.8 Å². The summed E-state index contributed by atoms with van der Waals surface area (Å²) in [4.78, 5) is 21.5. The maximum atomic E-state index is 12.4. The standard InChI is InChI=1S/C17H27N3O2.C8H9FO.C8H13N.C2H6/c1-3-5-9-19(4-2)14-17-18-12-15(7-6-10-21)20(17)13-16-8-11-22-16;1-6-5-7(9)3-4-8(6)10-2;1-7(2)5-6-9-8(3)4;1-2/h6-7,10,12,16H,3-5,8-9,11,13-14H2,1-2H3;3-5H,1-2H3;5-6H,3H2,1-2,4H3;1-2H3/b7-6+;;;. The summed E-state index contributed by atoms with van der Waals surface area (Å²) in [5.41, 5.74) is 3.89. The van der Waals surface area contributed by atoms with Gasteiger partial charge in [0.05, 0.1) is 38.2 Å². The molecule has 240 valence electrons. The molecule has 0 saturated carbocycles. The normalized spacial score (nSPS) is 13.6. The molecule has 1 aromatic heterocycles. The van der Waals surface area contributed by atoms with Crippen molar-refractivity contribution in [2.24, 2.45) is 4.99 Å². The molecule has 1 fully saturated rings. The molecular formula is C35H55FN4O3. The van der Waals surface area contributed by atoms with Crippen molar-refractivity contribution < 1.29 is 18.7 Å². The van der Waals surface area contributed by atoms with Gasteiger partial charge in [-0.3, -0.25) is 14.7 Å². The molecule has 2 heterocycles. The first-order chi connectivity index (χ1) is 20.6. The Morgan fingerprint density at radius 3 is 2.47 bits per heavy atom. The Labute approximate surface area is 260 Å². The lowest BCUT2D eigenvalue weighted by Gasteiger charge is -2.28. The van der Waals surface area contributed by atoms with Crippen LogP contribution in [0.5, 0.6) is 5.75 Å². The highest BCUT2D eigenvalue weighted by molar-refractivity contribution is 5.73. The lowest BCUT2D eigenvalue weighted by molar-refractivity contribution is -0.104. The average molecular weight is 599 g/mol. The third kappa shape index (κ3) is 17.4. The Morgan fingerprint density at radius 1 is 1.28 bits per heavy atom. The second kappa shape index (κ2) is 24.1. The van der Waals surface area contributed by atoms with E-state index >= 15 is 0 Å². The fraction of sp³-hybridized carbons (Fsp3) is 0.514. The topological polar surface area (TPSA) is 69.0 Å². The molecule has 1 aliphatic heterocycles. The molecule has 2 aromatic rings. The Bertz CT molecular complexity index is 1150. The molecule has 3 rings (SSSR count). The van der Waals surface area contributed by atoms with Crippen LogP contribution in [0.1, 0.15) is 84.8 Å². The highest BCUT2D eigenvalue weighted by atomic mass is 19.1. The second-order valence-electron chi connectivity index (χ2n) is 10.1. The predicted molar refractivity (Wildman–Crippen MR) is 179 cm³/mol. The number of aliphatic imine (C=N–C) groups is 1. The van der Waals surface area contributed by atoms with E-state index in [0.717, 1.165) is 74.0 Å². The van der Waals surface area contributed by atoms with E-state index in [4.69, 9.17) is 9.47 Å². The number of aromatic nitrogens is 2. The number of methoxy groups -OCH3 is 1. The molecule has 1 aromatic carbocycles. The van der Waals surface area contributed by atoms with Crippen molar-refractivity contribution >= 4 is 18.6 Å². The van der Waals surface area contributed by atoms with E-state index in [1.807, 2.05) is 59.9 Å². The summed E-state index contributed by atoms with van der Waals surface area (Å²) in [7, 11) is 1.57. The number of aldehydes is 1. The van der Waals surface area contributed by atoms with Gasteiger partial charge in [0.2, 0.25) is 0 Å². The van der Waals surface area contributed by atoms with Gasteiger partial charge >= 0.3 is 0 Å². The molecule has 43 heavy (non-hydrogen) atoms. The van der Waals surface area contributed by atoms with Crippen molar-refractivity contribution in [3.63, 3.8) is 0 Å². The summed E-state index contributed by atoms with van der Waals surface area (Å²) in [6.07, 6.45) is 13.5. The van der Waals surface area contributed by atoms with Crippen molar-refractivity contribution in [3.8, 4) is 5.75 Å². The second-order valence-corrected chi connectivity index (χ2v) is 10.1. The largest absolute Gasteiger partial charge is 0.496 e. The first-order valence-electron chi connectivity index (χ1n) is 15.3. The molecule has 0 bridgehead atoms. The number of hydrogen-bond acceptors (Lipinski definition) is 6. The summed E-state index contributed by atoms with van der Waals surface area (Å²) in [5, 5.41) is 0. The Hall–Kier alpha value is -3.36. The minimum absolute atomic E-state index is 0.224. The van der Waals surface area contributed by atoms with Gasteiger partial charge < -0.3 is 14.0 Å². The number of halogens is 1. The zero-order valence-corrected chi connectivity index (χ0v) is 28.0. The molecule has 1 atom stereocenters. The smallest absolute Gasteiger partial charge is 0.142 e. The molecule has 1 saturated heterocycles. The van der Waals surface area contributed by atoms with E-state index < -0.39 is 0 Å². The minimum Gasteiger partial charge on any atom is -0.496 e. The van der Waals surface area contributed by atoms with Crippen LogP contribution in [0.15, 0.2) is 59.4 Å². The SMILES string of the molecule is C=C(C)N=CC=C(C)C.CC.CCCCN(CC)Cc1ncc(/C=C/C=O)n1CC1CCO1.COc1ccc(F)cc1C. The molecule has 0 radical (unpaired) electrons. The summed E-state index contributed by atoms with van der Waals surface area (Å²) < 4.78 is 25.1. The van der Waals surface area contributed by atoms with Gasteiger partial charge in [0, 0.05) is 18.5 Å². The number of imidazole rings is 1. The summed E-state index contributed by atoms with van der Waals surface area (Å²) in [6.45, 7) is 24.4. The molecule has 7 nitrogen and oxygen atoms in total. The number of carbonyl (C=O) groups excluding carboxylic acids is 1. The number of carbonyl (C=O) groups is 1. The first kappa shape index (κ1) is 39.6. The molecule has 1 aliphatic rings. The lowest BCUT2D eigenvalue weighted by atomic mass is 10.2. The van der Waals surface area contributed by atoms with Crippen LogP contribution >= 0.6 is 0 Å². The third-order valence-corrected chi connectivity index (χ3v) is 6.19. The van der Waals surface area contributed by atoms with Gasteiger partial charge in [0.25, 0.3) is 0 Å². The predicted octanol–water partition coefficient (Wildman–Crippen LogP) is 8.23. The first-order valence-corrected chi connectivity index (χ1v) is 15.3. The third-order valence-electron chi connectivity index (χ3n) is 6.19. The number of ether oxygens (including phenoxy) is 2. The molecule has 1 unspecified atom stereocenters. The minimum atomic E-state index is -0.224. The fourth-order valence-electron chi connectivity index (χ4n) is 3.76. The number of benzene rings is 1. The quantitative estimate of drug-likeness (QED) is 0.132. The maximum Gasteiger partial charge on any atom is 0.142 e. The van der Waals surface area contributed by atoms with Crippen molar-refractivity contribution in [2.45, 2.75) is 93.8 Å². The Kier molecular flexibility index (Phi) is 22.2. The number of allylic oxidation sites excluding steroid dienone is 4. The van der Waals surface area contributed by atoms with Gasteiger partial charge in [-0.05, 0) is 95.6 Å². The summed E-state index contributed by atoms with van der Waals surface area (Å²) in [6, 6.07) is 4.44. The van der Waals surface area contributed by atoms with Gasteiger partial charge in [-0.15, -0.1) is 0 Å². The van der Waals surface area contributed by atoms with Crippen LogP contribution < -0.4 is 4.74 Å². The van der Waals surface area contributed by atoms with Crippen molar-refractivity contribution in [1.29, 1.82) is 0 Å². The van der Waals surface area contributed by atoms with E-state index in [9.17, 15) is 9.18 Å². The number of unbranched alkanes of at least 4 members (excludes halogenated alkanes) is 1. The summed E-state index contributed by atoms with van der Waals surface area (Å²) >= 11 is 0. The highest BCUT2D eigenvalue weighted by Gasteiger charge is 2.21. The maximum absolute atomic E-state index is 12.4. The summed E-state index contributed by atoms with van der Waals surface area (Å²) in [5.74, 6) is 1.55. The van der Waals surface area contributed by atoms with Gasteiger partial charge in [0.1, 0.15) is 23.7 Å². The highest BCUT2D eigenvalue weighted by Crippen LogP contribution is 2.19. The molecule has 0 N–H and O–H groups in total. The monoisotopic (exact) mass is 598 g/mol. The molecule has 0 spiro atoms. The fourth-order valence-corrected chi connectivity index (χ4v) is 3.76. The van der Waals surface area contributed by atoms with E-state index in [1.54, 1.807) is 19.4 Å². The number of aryl methyl sites for hydroxylation is 1. The molecule has 0 amide bonds. The lowest BCUT2D eigenvalue weighted by Crippen LogP contribution is -2.33. The Morgan fingerprint density at radius 2 is 1.98 bits per heavy atom. The van der Waals surface area contributed by atoms with E-state index in [-0.39, 0.29) is 11.9 Å². The van der Waals surface area contributed by atoms with Crippen LogP contribution in [0, 0.1) is 12.7 Å². The average Bonchev–Trinajstić information content (AvgIpc) is 3.33.